The minimum Gasteiger partial charge on any atom is -0.497 e. The molecule has 2 N–H and O–H groups in total. The van der Waals surface area contributed by atoms with Crippen molar-refractivity contribution in [1.82, 2.24) is 0 Å². The van der Waals surface area contributed by atoms with Crippen LogP contribution in [0.1, 0.15) is 11.1 Å². The molecule has 1 aromatic carbocycles. The molecular weight excluding hydrogens is 192 g/mol. The molecule has 4 nitrogen and oxygen atoms in total. The van der Waals surface area contributed by atoms with E-state index in [1.54, 1.807) is 18.2 Å². The van der Waals surface area contributed by atoms with Gasteiger partial charge in [-0.25, -0.2) is 0 Å². The fourth-order valence-electron chi connectivity index (χ4n) is 0.980. The molecule has 0 atom stereocenters. The molecule has 0 saturated heterocycles. The average Bonchev–Trinajstić information content (AvgIpc) is 2.25. The second kappa shape index (κ2) is 4.69. The summed E-state index contributed by atoms with van der Waals surface area (Å²) in [6.45, 7) is 0. The topological polar surface area (TPSA) is 76.1 Å². The molecule has 0 heterocycles. The van der Waals surface area contributed by atoms with Gasteiger partial charge in [0.2, 0.25) is 0 Å². The van der Waals surface area contributed by atoms with Gasteiger partial charge in [-0.3, -0.25) is 4.79 Å². The molecule has 0 bridgehead atoms. The van der Waals surface area contributed by atoms with Crippen LogP contribution < -0.4 is 10.5 Å². The lowest BCUT2D eigenvalue weighted by Crippen LogP contribution is -2.06. The van der Waals surface area contributed by atoms with Crippen LogP contribution in [0.15, 0.2) is 18.2 Å². The summed E-state index contributed by atoms with van der Waals surface area (Å²) in [5.74, 6) is 4.52. The summed E-state index contributed by atoms with van der Waals surface area (Å²) in [5, 5.41) is 8.77. The fraction of sp³-hybridized carbons (Fsp3) is 0.0909. The first-order chi connectivity index (χ1) is 7.17. The number of hydrogen-bond donors (Lipinski definition) is 1. The molecule has 1 amide bonds. The zero-order valence-corrected chi connectivity index (χ0v) is 8.07. The van der Waals surface area contributed by atoms with Gasteiger partial charge in [0, 0.05) is 11.5 Å². The van der Waals surface area contributed by atoms with Crippen LogP contribution in [0.5, 0.6) is 5.75 Å². The highest BCUT2D eigenvalue weighted by molar-refractivity contribution is 5.92. The molecular formula is C11H8N2O2. The summed E-state index contributed by atoms with van der Waals surface area (Å²) >= 11 is 0. The monoisotopic (exact) mass is 200 g/mol. The van der Waals surface area contributed by atoms with Crippen LogP contribution in [0.3, 0.4) is 0 Å². The third kappa shape index (κ3) is 2.75. The maximum absolute atomic E-state index is 10.5. The Balaban J connectivity index is 3.21. The molecule has 4 heteroatoms. The number of carbonyl (C=O) groups is 1. The van der Waals surface area contributed by atoms with E-state index in [4.69, 9.17) is 15.7 Å². The number of methoxy groups -OCH3 is 1. The van der Waals surface area contributed by atoms with Crippen LogP contribution in [0.2, 0.25) is 0 Å². The summed E-state index contributed by atoms with van der Waals surface area (Å²) in [4.78, 5) is 10.5. The molecule has 0 fully saturated rings. The Kier molecular flexibility index (Phi) is 3.32. The number of amides is 1. The molecule has 0 aliphatic heterocycles. The zero-order valence-electron chi connectivity index (χ0n) is 8.07. The number of benzene rings is 1. The summed E-state index contributed by atoms with van der Waals surface area (Å²) in [7, 11) is 1.51. The van der Waals surface area contributed by atoms with Crippen molar-refractivity contribution in [1.29, 1.82) is 5.26 Å². The normalized spacial score (nSPS) is 8.27. The standard InChI is InChI=1S/C11H8N2O2/c1-15-10-4-2-9(7-12)8(6-10)3-5-11(13)14/h2,4,6H,1H3,(H2,13,14). The van der Waals surface area contributed by atoms with Gasteiger partial charge >= 0.3 is 0 Å². The molecule has 0 radical (unpaired) electrons. The fourth-order valence-corrected chi connectivity index (χ4v) is 0.980. The zero-order chi connectivity index (χ0) is 11.3. The first-order valence-electron chi connectivity index (χ1n) is 4.07. The van der Waals surface area contributed by atoms with Crippen molar-refractivity contribution in [3.63, 3.8) is 0 Å². The largest absolute Gasteiger partial charge is 0.497 e. The van der Waals surface area contributed by atoms with E-state index in [0.717, 1.165) is 0 Å². The number of nitrogens with two attached hydrogens (primary N) is 1. The van der Waals surface area contributed by atoms with Crippen molar-refractivity contribution in [3.05, 3.63) is 29.3 Å². The van der Waals surface area contributed by atoms with Crippen molar-refractivity contribution in [3.8, 4) is 23.7 Å². The van der Waals surface area contributed by atoms with Crippen LogP contribution in [-0.2, 0) is 4.79 Å². The van der Waals surface area contributed by atoms with E-state index in [-0.39, 0.29) is 0 Å². The molecule has 74 valence electrons. The van der Waals surface area contributed by atoms with Crippen molar-refractivity contribution in [2.24, 2.45) is 5.73 Å². The Bertz CT molecular complexity index is 490. The Morgan fingerprint density at radius 1 is 1.47 bits per heavy atom. The third-order valence-electron chi connectivity index (χ3n) is 1.67. The van der Waals surface area contributed by atoms with E-state index < -0.39 is 5.91 Å². The van der Waals surface area contributed by atoms with Crippen LogP contribution in [0, 0.1) is 23.2 Å². The number of nitriles is 1. The highest BCUT2D eigenvalue weighted by atomic mass is 16.5. The van der Waals surface area contributed by atoms with E-state index in [1.807, 2.05) is 6.07 Å². The van der Waals surface area contributed by atoms with Gasteiger partial charge in [0.1, 0.15) is 11.8 Å². The Labute approximate surface area is 87.3 Å². The predicted octanol–water partition coefficient (Wildman–Crippen LogP) is 0.404. The van der Waals surface area contributed by atoms with Gasteiger partial charge in [0.05, 0.1) is 12.7 Å². The van der Waals surface area contributed by atoms with Crippen molar-refractivity contribution in [2.75, 3.05) is 7.11 Å². The second-order valence-corrected chi connectivity index (χ2v) is 2.64. The maximum atomic E-state index is 10.5. The third-order valence-corrected chi connectivity index (χ3v) is 1.67. The van der Waals surface area contributed by atoms with Gasteiger partial charge < -0.3 is 10.5 Å². The molecule has 1 rings (SSSR count). The minimum atomic E-state index is -0.735. The second-order valence-electron chi connectivity index (χ2n) is 2.64. The number of hydrogen-bond acceptors (Lipinski definition) is 3. The van der Waals surface area contributed by atoms with E-state index in [1.165, 1.54) is 7.11 Å². The maximum Gasteiger partial charge on any atom is 0.293 e. The van der Waals surface area contributed by atoms with E-state index in [9.17, 15) is 4.79 Å². The lowest BCUT2D eigenvalue weighted by molar-refractivity contribution is -0.112. The number of rotatable bonds is 1. The predicted molar refractivity (Wildman–Crippen MR) is 53.8 cm³/mol. The summed E-state index contributed by atoms with van der Waals surface area (Å²) in [6.07, 6.45) is 0. The molecule has 1 aromatic rings. The Hall–Kier alpha value is -2.46. The summed E-state index contributed by atoms with van der Waals surface area (Å²) in [6, 6.07) is 6.76. The number of primary amides is 1. The molecule has 15 heavy (non-hydrogen) atoms. The molecule has 0 aromatic heterocycles. The van der Waals surface area contributed by atoms with Gasteiger partial charge in [-0.2, -0.15) is 5.26 Å². The van der Waals surface area contributed by atoms with Gasteiger partial charge in [0.25, 0.3) is 5.91 Å². The summed E-state index contributed by atoms with van der Waals surface area (Å²) < 4.78 is 4.97. The minimum absolute atomic E-state index is 0.379. The summed E-state index contributed by atoms with van der Waals surface area (Å²) in [5.41, 5.74) is 5.68. The highest BCUT2D eigenvalue weighted by Gasteiger charge is 2.01. The molecule has 0 unspecified atom stereocenters. The van der Waals surface area contributed by atoms with Crippen LogP contribution in [0.25, 0.3) is 0 Å². The first-order valence-corrected chi connectivity index (χ1v) is 4.07. The molecule has 0 aliphatic rings. The van der Waals surface area contributed by atoms with Gasteiger partial charge in [0.15, 0.2) is 0 Å². The Morgan fingerprint density at radius 3 is 2.73 bits per heavy atom. The first kappa shape index (κ1) is 10.6. The Morgan fingerprint density at radius 2 is 2.20 bits per heavy atom. The highest BCUT2D eigenvalue weighted by Crippen LogP contribution is 2.15. The van der Waals surface area contributed by atoms with Crippen LogP contribution in [0.4, 0.5) is 0 Å². The van der Waals surface area contributed by atoms with Gasteiger partial charge in [-0.15, -0.1) is 0 Å². The molecule has 0 spiro atoms. The lowest BCUT2D eigenvalue weighted by atomic mass is 10.1. The van der Waals surface area contributed by atoms with Gasteiger partial charge in [-0.1, -0.05) is 5.92 Å². The number of carbonyl (C=O) groups excluding carboxylic acids is 1. The average molecular weight is 200 g/mol. The van der Waals surface area contributed by atoms with Crippen molar-refractivity contribution < 1.29 is 9.53 Å². The van der Waals surface area contributed by atoms with Gasteiger partial charge in [-0.05, 0) is 18.2 Å². The van der Waals surface area contributed by atoms with Crippen molar-refractivity contribution >= 4 is 5.91 Å². The molecule has 0 aliphatic carbocycles. The number of nitrogens with zero attached hydrogens (tertiary/aromatic N) is 1. The van der Waals surface area contributed by atoms with Crippen molar-refractivity contribution in [2.45, 2.75) is 0 Å². The van der Waals surface area contributed by atoms with E-state index >= 15 is 0 Å². The smallest absolute Gasteiger partial charge is 0.293 e. The van der Waals surface area contributed by atoms with E-state index in [2.05, 4.69) is 11.8 Å². The van der Waals surface area contributed by atoms with Crippen LogP contribution in [-0.4, -0.2) is 13.0 Å². The SMILES string of the molecule is COc1ccc(C#N)c(C#CC(N)=O)c1. The van der Waals surface area contributed by atoms with E-state index in [0.29, 0.717) is 16.9 Å². The quantitative estimate of drug-likeness (QED) is 0.667. The lowest BCUT2D eigenvalue weighted by Gasteiger charge is -2.00. The van der Waals surface area contributed by atoms with Crippen LogP contribution >= 0.6 is 0 Å². The number of ether oxygens (including phenoxy) is 1. The molecule has 0 saturated carbocycles.